The molecule has 0 aromatic heterocycles. The third-order valence-corrected chi connectivity index (χ3v) is 3.59. The zero-order valence-electron chi connectivity index (χ0n) is 10.8. The smallest absolute Gasteiger partial charge is 0.319 e. The summed E-state index contributed by atoms with van der Waals surface area (Å²) in [6, 6.07) is 7.86. The lowest BCUT2D eigenvalue weighted by atomic mass is 10.0. The van der Waals surface area contributed by atoms with Crippen LogP contribution in [0.2, 0.25) is 0 Å². The van der Waals surface area contributed by atoms with Gasteiger partial charge in [-0.15, -0.1) is 0 Å². The number of carbonyl (C=O) groups is 1. The summed E-state index contributed by atoms with van der Waals surface area (Å²) in [7, 11) is 0. The Hall–Kier alpha value is -1.55. The highest BCUT2D eigenvalue weighted by atomic mass is 16.2. The normalized spacial score (nSPS) is 22.8. The van der Waals surface area contributed by atoms with E-state index in [4.69, 9.17) is 5.73 Å². The van der Waals surface area contributed by atoms with Crippen molar-refractivity contribution in [1.29, 1.82) is 0 Å². The van der Waals surface area contributed by atoms with E-state index in [1.165, 1.54) is 5.56 Å². The Morgan fingerprint density at radius 2 is 2.06 bits per heavy atom. The first-order valence-electron chi connectivity index (χ1n) is 6.53. The predicted molar refractivity (Wildman–Crippen MR) is 73.5 cm³/mol. The Bertz CT molecular complexity index is 402. The molecule has 0 saturated heterocycles. The summed E-state index contributed by atoms with van der Waals surface area (Å²) in [5.41, 5.74) is 7.70. The molecule has 18 heavy (non-hydrogen) atoms. The Balaban J connectivity index is 1.86. The molecule has 1 aromatic carbocycles. The highest BCUT2D eigenvalue weighted by Crippen LogP contribution is 2.24. The first-order valence-corrected chi connectivity index (χ1v) is 6.53. The molecule has 2 rings (SSSR count). The van der Waals surface area contributed by atoms with E-state index in [-0.39, 0.29) is 12.1 Å². The predicted octanol–water partition coefficient (Wildman–Crippen LogP) is 2.24. The molecule has 4 N–H and O–H groups in total. The topological polar surface area (TPSA) is 67.2 Å². The molecule has 1 aliphatic carbocycles. The van der Waals surface area contributed by atoms with Crippen molar-refractivity contribution >= 4 is 11.7 Å². The minimum absolute atomic E-state index is 0.135. The molecule has 1 saturated carbocycles. The Morgan fingerprint density at radius 3 is 2.72 bits per heavy atom. The van der Waals surface area contributed by atoms with Crippen molar-refractivity contribution in [2.24, 2.45) is 11.7 Å². The van der Waals surface area contributed by atoms with E-state index in [2.05, 4.69) is 10.6 Å². The molecular formula is C14H21N3O. The average molecular weight is 247 g/mol. The van der Waals surface area contributed by atoms with E-state index in [0.717, 1.165) is 24.9 Å². The lowest BCUT2D eigenvalue weighted by molar-refractivity contribution is 0.245. The molecule has 2 amide bonds. The van der Waals surface area contributed by atoms with Gasteiger partial charge in [-0.2, -0.15) is 0 Å². The quantitative estimate of drug-likeness (QED) is 0.767. The molecule has 2 unspecified atom stereocenters. The number of amides is 2. The maximum atomic E-state index is 11.9. The lowest BCUT2D eigenvalue weighted by Crippen LogP contribution is -2.42. The third-order valence-electron chi connectivity index (χ3n) is 3.59. The lowest BCUT2D eigenvalue weighted by Gasteiger charge is -2.19. The van der Waals surface area contributed by atoms with Gasteiger partial charge in [0.25, 0.3) is 0 Å². The van der Waals surface area contributed by atoms with Gasteiger partial charge >= 0.3 is 6.03 Å². The van der Waals surface area contributed by atoms with Gasteiger partial charge < -0.3 is 16.4 Å². The standard InChI is InChI=1S/C14H21N3O/c1-10-5-7-12(8-6-10)16-14(18)17-13-4-2-3-11(13)9-15/h5-8,11,13H,2-4,9,15H2,1H3,(H2,16,17,18). The fourth-order valence-electron chi connectivity index (χ4n) is 2.48. The van der Waals surface area contributed by atoms with Crippen LogP contribution in [0.3, 0.4) is 0 Å². The van der Waals surface area contributed by atoms with E-state index < -0.39 is 0 Å². The molecule has 0 aliphatic heterocycles. The van der Waals surface area contributed by atoms with Crippen LogP contribution in [0.4, 0.5) is 10.5 Å². The zero-order chi connectivity index (χ0) is 13.0. The van der Waals surface area contributed by atoms with Gasteiger partial charge in [-0.05, 0) is 44.4 Å². The first-order chi connectivity index (χ1) is 8.69. The second-order valence-electron chi connectivity index (χ2n) is 5.00. The van der Waals surface area contributed by atoms with Gasteiger partial charge in [-0.1, -0.05) is 24.1 Å². The summed E-state index contributed by atoms with van der Waals surface area (Å²) in [4.78, 5) is 11.9. The van der Waals surface area contributed by atoms with Crippen LogP contribution in [0.5, 0.6) is 0 Å². The highest BCUT2D eigenvalue weighted by molar-refractivity contribution is 5.89. The minimum Gasteiger partial charge on any atom is -0.335 e. The fourth-order valence-corrected chi connectivity index (χ4v) is 2.48. The molecule has 0 radical (unpaired) electrons. The maximum absolute atomic E-state index is 11.9. The monoisotopic (exact) mass is 247 g/mol. The third kappa shape index (κ3) is 3.23. The number of benzene rings is 1. The number of hydrogen-bond acceptors (Lipinski definition) is 2. The van der Waals surface area contributed by atoms with Crippen molar-refractivity contribution in [2.75, 3.05) is 11.9 Å². The van der Waals surface area contributed by atoms with Crippen LogP contribution in [0.1, 0.15) is 24.8 Å². The number of anilines is 1. The van der Waals surface area contributed by atoms with E-state index in [0.29, 0.717) is 12.5 Å². The average Bonchev–Trinajstić information content (AvgIpc) is 2.79. The van der Waals surface area contributed by atoms with Crippen LogP contribution in [0, 0.1) is 12.8 Å². The second-order valence-corrected chi connectivity index (χ2v) is 5.00. The molecule has 4 nitrogen and oxygen atoms in total. The van der Waals surface area contributed by atoms with Crippen molar-refractivity contribution in [3.8, 4) is 0 Å². The van der Waals surface area contributed by atoms with Gasteiger partial charge in [-0.25, -0.2) is 4.79 Å². The number of urea groups is 1. The van der Waals surface area contributed by atoms with Crippen molar-refractivity contribution in [2.45, 2.75) is 32.2 Å². The molecule has 4 heteroatoms. The summed E-state index contributed by atoms with van der Waals surface area (Å²) in [6.07, 6.45) is 3.30. The van der Waals surface area contributed by atoms with E-state index in [1.54, 1.807) is 0 Å². The SMILES string of the molecule is Cc1ccc(NC(=O)NC2CCCC2CN)cc1. The molecular weight excluding hydrogens is 226 g/mol. The van der Waals surface area contributed by atoms with Gasteiger partial charge in [0.2, 0.25) is 0 Å². The van der Waals surface area contributed by atoms with E-state index >= 15 is 0 Å². The zero-order valence-corrected chi connectivity index (χ0v) is 10.8. The molecule has 0 spiro atoms. The number of hydrogen-bond donors (Lipinski definition) is 3. The van der Waals surface area contributed by atoms with Gasteiger partial charge in [0.1, 0.15) is 0 Å². The van der Waals surface area contributed by atoms with Crippen molar-refractivity contribution in [3.05, 3.63) is 29.8 Å². The highest BCUT2D eigenvalue weighted by Gasteiger charge is 2.27. The molecule has 0 bridgehead atoms. The number of rotatable bonds is 3. The van der Waals surface area contributed by atoms with Gasteiger partial charge in [0.05, 0.1) is 0 Å². The molecule has 98 valence electrons. The Morgan fingerprint density at radius 1 is 1.33 bits per heavy atom. The van der Waals surface area contributed by atoms with E-state index in [1.807, 2.05) is 31.2 Å². The molecule has 1 aliphatic rings. The molecule has 1 fully saturated rings. The largest absolute Gasteiger partial charge is 0.335 e. The summed E-state index contributed by atoms with van der Waals surface area (Å²) >= 11 is 0. The number of aryl methyl sites for hydroxylation is 1. The fraction of sp³-hybridized carbons (Fsp3) is 0.500. The van der Waals surface area contributed by atoms with Crippen molar-refractivity contribution < 1.29 is 4.79 Å². The van der Waals surface area contributed by atoms with Crippen LogP contribution in [-0.2, 0) is 0 Å². The molecule has 0 heterocycles. The van der Waals surface area contributed by atoms with Gasteiger partial charge in [0, 0.05) is 11.7 Å². The summed E-state index contributed by atoms with van der Waals surface area (Å²) in [5.74, 6) is 0.425. The van der Waals surface area contributed by atoms with Crippen LogP contribution in [0.25, 0.3) is 0 Å². The second kappa shape index (κ2) is 5.87. The molecule has 1 aromatic rings. The number of nitrogens with one attached hydrogen (secondary N) is 2. The minimum atomic E-state index is -0.135. The van der Waals surface area contributed by atoms with Gasteiger partial charge in [-0.3, -0.25) is 0 Å². The van der Waals surface area contributed by atoms with Crippen LogP contribution in [0.15, 0.2) is 24.3 Å². The Labute approximate surface area is 108 Å². The summed E-state index contributed by atoms with van der Waals surface area (Å²) < 4.78 is 0. The van der Waals surface area contributed by atoms with Crippen LogP contribution in [-0.4, -0.2) is 18.6 Å². The Kier molecular flexibility index (Phi) is 4.20. The number of carbonyl (C=O) groups excluding carboxylic acids is 1. The van der Waals surface area contributed by atoms with Gasteiger partial charge in [0.15, 0.2) is 0 Å². The van der Waals surface area contributed by atoms with Crippen LogP contribution >= 0.6 is 0 Å². The first kappa shape index (κ1) is 12.9. The van der Waals surface area contributed by atoms with Crippen LogP contribution < -0.4 is 16.4 Å². The summed E-state index contributed by atoms with van der Waals surface area (Å²) in [6.45, 7) is 2.67. The van der Waals surface area contributed by atoms with E-state index in [9.17, 15) is 4.79 Å². The van der Waals surface area contributed by atoms with Crippen molar-refractivity contribution in [3.63, 3.8) is 0 Å². The van der Waals surface area contributed by atoms with Crippen molar-refractivity contribution in [1.82, 2.24) is 5.32 Å². The number of nitrogens with two attached hydrogens (primary N) is 1. The molecule has 2 atom stereocenters. The maximum Gasteiger partial charge on any atom is 0.319 e. The summed E-state index contributed by atoms with van der Waals surface area (Å²) in [5, 5.41) is 5.86.